The Kier molecular flexibility index (Phi) is 2.04. The molecule has 0 fully saturated rings. The molecule has 0 bridgehead atoms. The third-order valence-electron chi connectivity index (χ3n) is 1.83. The van der Waals surface area contributed by atoms with Gasteiger partial charge in [0.1, 0.15) is 5.01 Å². The predicted octanol–water partition coefficient (Wildman–Crippen LogP) is 2.58. The molecule has 3 heteroatoms. The van der Waals surface area contributed by atoms with Crippen molar-refractivity contribution in [3.8, 4) is 0 Å². The lowest BCUT2D eigenvalue weighted by molar-refractivity contribution is 1.02. The van der Waals surface area contributed by atoms with Gasteiger partial charge in [0.25, 0.3) is 0 Å². The van der Waals surface area contributed by atoms with Crippen molar-refractivity contribution >= 4 is 17.1 Å². The Bertz CT molecular complexity index is 336. The first-order valence-electron chi connectivity index (χ1n) is 4.02. The first-order valence-corrected chi connectivity index (χ1v) is 4.80. The Morgan fingerprint density at radius 2 is 2.42 bits per heavy atom. The van der Waals surface area contributed by atoms with Crippen LogP contribution in [0.1, 0.15) is 23.7 Å². The highest BCUT2D eigenvalue weighted by Gasteiger charge is 2.07. The fourth-order valence-corrected chi connectivity index (χ4v) is 1.72. The number of aryl methyl sites for hydroxylation is 1. The summed E-state index contributed by atoms with van der Waals surface area (Å²) in [5.41, 5.74) is 1.27. The Morgan fingerprint density at radius 3 is 3.00 bits per heavy atom. The first-order chi connectivity index (χ1) is 5.86. The normalized spacial score (nSPS) is 16.2. The van der Waals surface area contributed by atoms with E-state index in [9.17, 15) is 0 Å². The monoisotopic (exact) mass is 178 g/mol. The van der Waals surface area contributed by atoms with Gasteiger partial charge in [-0.3, -0.25) is 0 Å². The molecule has 0 aromatic carbocycles. The molecule has 1 aromatic heterocycles. The van der Waals surface area contributed by atoms with Crippen LogP contribution in [0.4, 0.5) is 0 Å². The van der Waals surface area contributed by atoms with Gasteiger partial charge < -0.3 is 0 Å². The second-order valence-electron chi connectivity index (χ2n) is 2.80. The lowest BCUT2D eigenvalue weighted by Gasteiger charge is -2.03. The smallest absolute Gasteiger partial charge is 0.168 e. The van der Waals surface area contributed by atoms with Crippen LogP contribution in [-0.4, -0.2) is 9.36 Å². The Hall–Kier alpha value is -0.960. The minimum Gasteiger partial charge on any atom is -0.220 e. The molecule has 2 nitrogen and oxygen atoms in total. The molecule has 2 rings (SSSR count). The third-order valence-corrected chi connectivity index (χ3v) is 2.45. The SMILES string of the molecule is Cc1nc(C2=CC=CCC2)ns1. The average Bonchev–Trinajstić information content (AvgIpc) is 2.54. The van der Waals surface area contributed by atoms with E-state index in [1.54, 1.807) is 0 Å². The summed E-state index contributed by atoms with van der Waals surface area (Å²) in [7, 11) is 0. The van der Waals surface area contributed by atoms with Crippen LogP contribution in [-0.2, 0) is 0 Å². The Labute approximate surface area is 75.8 Å². The summed E-state index contributed by atoms with van der Waals surface area (Å²) in [5.74, 6) is 0.918. The van der Waals surface area contributed by atoms with Crippen LogP contribution in [0.25, 0.3) is 5.57 Å². The number of hydrogen-bond acceptors (Lipinski definition) is 3. The van der Waals surface area contributed by atoms with Crippen LogP contribution in [0, 0.1) is 6.92 Å². The zero-order valence-corrected chi connectivity index (χ0v) is 7.77. The molecule has 1 aliphatic carbocycles. The maximum absolute atomic E-state index is 4.34. The summed E-state index contributed by atoms with van der Waals surface area (Å²) in [4.78, 5) is 4.34. The average molecular weight is 178 g/mol. The summed E-state index contributed by atoms with van der Waals surface area (Å²) in [6, 6.07) is 0. The minimum atomic E-state index is 0.918. The van der Waals surface area contributed by atoms with Gasteiger partial charge in [0.2, 0.25) is 0 Å². The molecule has 0 radical (unpaired) electrons. The van der Waals surface area contributed by atoms with Crippen molar-refractivity contribution in [1.82, 2.24) is 9.36 Å². The molecule has 0 N–H and O–H groups in total. The number of nitrogens with zero attached hydrogens (tertiary/aromatic N) is 2. The van der Waals surface area contributed by atoms with Gasteiger partial charge in [0.15, 0.2) is 5.82 Å². The molecule has 0 unspecified atom stereocenters. The molecule has 1 aliphatic rings. The van der Waals surface area contributed by atoms with Crippen molar-refractivity contribution in [2.75, 3.05) is 0 Å². The zero-order valence-electron chi connectivity index (χ0n) is 6.95. The highest BCUT2D eigenvalue weighted by atomic mass is 32.1. The van der Waals surface area contributed by atoms with E-state index in [1.807, 2.05) is 6.92 Å². The van der Waals surface area contributed by atoms with Gasteiger partial charge in [-0.25, -0.2) is 4.98 Å². The molecule has 62 valence electrons. The van der Waals surface area contributed by atoms with Crippen LogP contribution >= 0.6 is 11.5 Å². The van der Waals surface area contributed by atoms with E-state index in [1.165, 1.54) is 17.1 Å². The van der Waals surface area contributed by atoms with Crippen molar-refractivity contribution in [3.05, 3.63) is 29.1 Å². The number of allylic oxidation sites excluding steroid dienone is 4. The highest BCUT2D eigenvalue weighted by molar-refractivity contribution is 7.05. The number of rotatable bonds is 1. The maximum atomic E-state index is 4.34. The second kappa shape index (κ2) is 3.19. The molecule has 1 aromatic rings. The van der Waals surface area contributed by atoms with Gasteiger partial charge in [0, 0.05) is 0 Å². The van der Waals surface area contributed by atoms with E-state index in [0.717, 1.165) is 23.7 Å². The fourth-order valence-electron chi connectivity index (χ4n) is 1.22. The van der Waals surface area contributed by atoms with E-state index in [0.29, 0.717) is 0 Å². The van der Waals surface area contributed by atoms with E-state index in [4.69, 9.17) is 0 Å². The number of aromatic nitrogens is 2. The van der Waals surface area contributed by atoms with Gasteiger partial charge in [0.05, 0.1) is 0 Å². The lowest BCUT2D eigenvalue weighted by Crippen LogP contribution is -1.89. The predicted molar refractivity (Wildman–Crippen MR) is 51.0 cm³/mol. The van der Waals surface area contributed by atoms with Gasteiger partial charge in [-0.05, 0) is 36.9 Å². The molecule has 0 saturated carbocycles. The summed E-state index contributed by atoms with van der Waals surface area (Å²) in [6.45, 7) is 1.99. The number of hydrogen-bond donors (Lipinski definition) is 0. The van der Waals surface area contributed by atoms with Crippen molar-refractivity contribution in [2.45, 2.75) is 19.8 Å². The van der Waals surface area contributed by atoms with E-state index in [-0.39, 0.29) is 0 Å². The van der Waals surface area contributed by atoms with E-state index >= 15 is 0 Å². The standard InChI is InChI=1S/C9H10N2S/c1-7-10-9(11-12-7)8-5-3-2-4-6-8/h2-3,5H,4,6H2,1H3. The Morgan fingerprint density at radius 1 is 1.50 bits per heavy atom. The molecular formula is C9H10N2S. The van der Waals surface area contributed by atoms with Crippen molar-refractivity contribution < 1.29 is 0 Å². The van der Waals surface area contributed by atoms with Crippen LogP contribution in [0.2, 0.25) is 0 Å². The zero-order chi connectivity index (χ0) is 8.39. The van der Waals surface area contributed by atoms with Crippen LogP contribution in [0.5, 0.6) is 0 Å². The van der Waals surface area contributed by atoms with Crippen LogP contribution in [0.3, 0.4) is 0 Å². The lowest BCUT2D eigenvalue weighted by atomic mass is 10.1. The molecule has 0 saturated heterocycles. The van der Waals surface area contributed by atoms with Gasteiger partial charge >= 0.3 is 0 Å². The van der Waals surface area contributed by atoms with Gasteiger partial charge in [-0.15, -0.1) is 0 Å². The topological polar surface area (TPSA) is 25.8 Å². The van der Waals surface area contributed by atoms with Crippen LogP contribution in [0.15, 0.2) is 18.2 Å². The Balaban J connectivity index is 2.30. The highest BCUT2D eigenvalue weighted by Crippen LogP contribution is 2.21. The van der Waals surface area contributed by atoms with Crippen molar-refractivity contribution in [1.29, 1.82) is 0 Å². The molecule has 0 amide bonds. The summed E-state index contributed by atoms with van der Waals surface area (Å²) >= 11 is 1.47. The van der Waals surface area contributed by atoms with Gasteiger partial charge in [-0.1, -0.05) is 18.2 Å². The van der Waals surface area contributed by atoms with Crippen molar-refractivity contribution in [2.24, 2.45) is 0 Å². The quantitative estimate of drug-likeness (QED) is 0.660. The third kappa shape index (κ3) is 1.46. The molecule has 1 heterocycles. The maximum Gasteiger partial charge on any atom is 0.168 e. The largest absolute Gasteiger partial charge is 0.220 e. The summed E-state index contributed by atoms with van der Waals surface area (Å²) in [6.07, 6.45) is 8.54. The van der Waals surface area contributed by atoms with E-state index in [2.05, 4.69) is 27.6 Å². The van der Waals surface area contributed by atoms with Gasteiger partial charge in [-0.2, -0.15) is 4.37 Å². The fraction of sp³-hybridized carbons (Fsp3) is 0.333. The molecular weight excluding hydrogens is 168 g/mol. The van der Waals surface area contributed by atoms with Crippen LogP contribution < -0.4 is 0 Å². The summed E-state index contributed by atoms with van der Waals surface area (Å²) < 4.78 is 4.27. The van der Waals surface area contributed by atoms with E-state index < -0.39 is 0 Å². The molecule has 0 aliphatic heterocycles. The first kappa shape index (κ1) is 7.68. The minimum absolute atomic E-state index is 0.918. The molecule has 12 heavy (non-hydrogen) atoms. The summed E-state index contributed by atoms with van der Waals surface area (Å²) in [5, 5.41) is 1.04. The van der Waals surface area contributed by atoms with Crippen molar-refractivity contribution in [3.63, 3.8) is 0 Å². The molecule has 0 spiro atoms. The molecule has 0 atom stereocenters. The second-order valence-corrected chi connectivity index (χ2v) is 3.75.